The number of fused-ring (bicyclic) bond motifs is 1. The molecule has 1 aliphatic heterocycles. The van der Waals surface area contributed by atoms with Crippen molar-refractivity contribution in [1.82, 2.24) is 19.7 Å². The van der Waals surface area contributed by atoms with Crippen LogP contribution in [-0.4, -0.2) is 32.3 Å². The summed E-state index contributed by atoms with van der Waals surface area (Å²) in [6, 6.07) is 11.5. The van der Waals surface area contributed by atoms with Crippen LogP contribution in [0.3, 0.4) is 0 Å². The number of thioether (sulfide) groups is 1. The number of rotatable bonds is 6. The van der Waals surface area contributed by atoms with Crippen LogP contribution >= 0.6 is 11.8 Å². The van der Waals surface area contributed by atoms with Crippen LogP contribution in [0.1, 0.15) is 36.6 Å². The number of hydrogen-bond donors (Lipinski definition) is 1. The number of ether oxygens (including phenoxy) is 1. The number of allylic oxidation sites excluding steroid dienone is 1. The molecule has 1 aliphatic rings. The van der Waals surface area contributed by atoms with Crippen molar-refractivity contribution in [2.75, 3.05) is 11.9 Å². The van der Waals surface area contributed by atoms with E-state index in [1.807, 2.05) is 56.4 Å². The first-order chi connectivity index (χ1) is 14.6. The molecule has 0 radical (unpaired) electrons. The normalized spacial score (nSPS) is 15.5. The Morgan fingerprint density at radius 2 is 2.07 bits per heavy atom. The lowest BCUT2D eigenvalue weighted by Crippen LogP contribution is -2.30. The molecule has 1 N–H and O–H groups in total. The molecule has 0 aliphatic carbocycles. The summed E-state index contributed by atoms with van der Waals surface area (Å²) in [5.41, 5.74) is 4.44. The first-order valence-corrected chi connectivity index (χ1v) is 10.8. The molecule has 30 heavy (non-hydrogen) atoms. The number of aryl methyl sites for hydroxylation is 1. The summed E-state index contributed by atoms with van der Waals surface area (Å²) in [6.45, 7) is 6.02. The minimum absolute atomic E-state index is 0.312. The molecule has 0 bridgehead atoms. The second-order valence-corrected chi connectivity index (χ2v) is 7.90. The van der Waals surface area contributed by atoms with E-state index in [1.54, 1.807) is 17.8 Å². The molecule has 0 saturated carbocycles. The molecule has 0 fully saturated rings. The van der Waals surface area contributed by atoms with E-state index in [4.69, 9.17) is 9.84 Å². The molecule has 4 rings (SSSR count). The molecule has 0 amide bonds. The summed E-state index contributed by atoms with van der Waals surface area (Å²) in [5, 5.41) is 8.60. The summed E-state index contributed by atoms with van der Waals surface area (Å²) < 4.78 is 7.14. The van der Waals surface area contributed by atoms with E-state index < -0.39 is 6.04 Å². The topological polar surface area (TPSA) is 81.9 Å². The Hall–Kier alpha value is -3.13. The summed E-state index contributed by atoms with van der Waals surface area (Å²) in [4.78, 5) is 21.6. The van der Waals surface area contributed by atoms with Crippen LogP contribution in [0.2, 0.25) is 0 Å². The number of nitrogens with one attached hydrogen (secondary N) is 1. The highest BCUT2D eigenvalue weighted by Gasteiger charge is 2.35. The van der Waals surface area contributed by atoms with Crippen LogP contribution in [-0.2, 0) is 15.3 Å². The Morgan fingerprint density at radius 3 is 2.80 bits per heavy atom. The number of anilines is 1. The molecule has 1 atom stereocenters. The number of pyridine rings is 1. The van der Waals surface area contributed by atoms with E-state index in [0.29, 0.717) is 29.0 Å². The van der Waals surface area contributed by atoms with Crippen LogP contribution in [0.15, 0.2) is 65.2 Å². The summed E-state index contributed by atoms with van der Waals surface area (Å²) in [5.74, 6) is 0.979. The number of carbonyl (C=O) groups excluding carboxylic acids is 1. The second kappa shape index (κ2) is 8.71. The summed E-state index contributed by atoms with van der Waals surface area (Å²) in [6.07, 6.45) is 3.59. The smallest absolute Gasteiger partial charge is 0.338 e. The molecular formula is C22H23N5O2S. The monoisotopic (exact) mass is 421 g/mol. The van der Waals surface area contributed by atoms with Crippen molar-refractivity contribution >= 4 is 23.7 Å². The van der Waals surface area contributed by atoms with E-state index in [-0.39, 0.29) is 5.97 Å². The molecule has 0 spiro atoms. The van der Waals surface area contributed by atoms with Gasteiger partial charge in [0, 0.05) is 23.8 Å². The van der Waals surface area contributed by atoms with Gasteiger partial charge in [-0.2, -0.15) is 4.98 Å². The molecule has 8 heteroatoms. The summed E-state index contributed by atoms with van der Waals surface area (Å²) in [7, 11) is 0. The zero-order valence-electron chi connectivity index (χ0n) is 17.1. The van der Waals surface area contributed by atoms with E-state index in [1.165, 1.54) is 11.8 Å². The van der Waals surface area contributed by atoms with Gasteiger partial charge in [-0.25, -0.2) is 9.48 Å². The predicted molar refractivity (Wildman–Crippen MR) is 116 cm³/mol. The van der Waals surface area contributed by atoms with Gasteiger partial charge < -0.3 is 10.1 Å². The van der Waals surface area contributed by atoms with Crippen molar-refractivity contribution < 1.29 is 9.53 Å². The van der Waals surface area contributed by atoms with Crippen molar-refractivity contribution in [2.45, 2.75) is 37.7 Å². The molecule has 2 aromatic heterocycles. The largest absolute Gasteiger partial charge is 0.463 e. The fourth-order valence-electron chi connectivity index (χ4n) is 3.48. The fourth-order valence-corrected chi connectivity index (χ4v) is 4.24. The zero-order valence-corrected chi connectivity index (χ0v) is 17.9. The van der Waals surface area contributed by atoms with Crippen molar-refractivity contribution in [2.24, 2.45) is 0 Å². The third kappa shape index (κ3) is 3.95. The number of aromatic nitrogens is 4. The molecule has 154 valence electrons. The van der Waals surface area contributed by atoms with Crippen LogP contribution in [0.4, 0.5) is 5.95 Å². The lowest BCUT2D eigenvalue weighted by atomic mass is 9.93. The van der Waals surface area contributed by atoms with Crippen LogP contribution in [0.25, 0.3) is 0 Å². The van der Waals surface area contributed by atoms with Crippen molar-refractivity contribution in [3.05, 3.63) is 76.8 Å². The van der Waals surface area contributed by atoms with Crippen molar-refractivity contribution in [3.8, 4) is 0 Å². The maximum atomic E-state index is 12.8. The molecule has 7 nitrogen and oxygen atoms in total. The lowest BCUT2D eigenvalue weighted by molar-refractivity contribution is -0.139. The number of esters is 1. The SMILES string of the molecule is CCOC(=O)C1=C(C)Nc2nc(SCc3cccnc3)nn2C1c1ccccc1C. The Labute approximate surface area is 179 Å². The van der Waals surface area contributed by atoms with Gasteiger partial charge in [-0.1, -0.05) is 42.1 Å². The third-order valence-corrected chi connectivity index (χ3v) is 5.81. The quantitative estimate of drug-likeness (QED) is 0.473. The average Bonchev–Trinajstić information content (AvgIpc) is 3.15. The van der Waals surface area contributed by atoms with E-state index in [0.717, 1.165) is 22.4 Å². The van der Waals surface area contributed by atoms with Gasteiger partial charge in [0.05, 0.1) is 12.2 Å². The highest BCUT2D eigenvalue weighted by Crippen LogP contribution is 2.38. The van der Waals surface area contributed by atoms with Gasteiger partial charge in [-0.15, -0.1) is 5.10 Å². The Bertz CT molecular complexity index is 1090. The zero-order chi connectivity index (χ0) is 21.1. The number of carbonyl (C=O) groups is 1. The average molecular weight is 422 g/mol. The number of benzene rings is 1. The van der Waals surface area contributed by atoms with E-state index >= 15 is 0 Å². The molecule has 0 saturated heterocycles. The fraction of sp³-hybridized carbons (Fsp3) is 0.273. The van der Waals surface area contributed by atoms with Crippen LogP contribution in [0.5, 0.6) is 0 Å². The Morgan fingerprint density at radius 1 is 1.23 bits per heavy atom. The van der Waals surface area contributed by atoms with E-state index in [2.05, 4.69) is 15.3 Å². The van der Waals surface area contributed by atoms with Crippen molar-refractivity contribution in [3.63, 3.8) is 0 Å². The van der Waals surface area contributed by atoms with Gasteiger partial charge in [0.15, 0.2) is 0 Å². The van der Waals surface area contributed by atoms with Gasteiger partial charge >= 0.3 is 5.97 Å². The Balaban J connectivity index is 1.72. The molecule has 1 unspecified atom stereocenters. The minimum Gasteiger partial charge on any atom is -0.463 e. The molecule has 3 aromatic rings. The second-order valence-electron chi connectivity index (χ2n) is 6.96. The molecular weight excluding hydrogens is 398 g/mol. The van der Waals surface area contributed by atoms with Gasteiger partial charge in [0.2, 0.25) is 11.1 Å². The number of nitrogens with zero attached hydrogens (tertiary/aromatic N) is 4. The van der Waals surface area contributed by atoms with Crippen molar-refractivity contribution in [1.29, 1.82) is 0 Å². The first kappa shape index (κ1) is 20.2. The van der Waals surface area contributed by atoms with Crippen LogP contribution < -0.4 is 5.32 Å². The van der Waals surface area contributed by atoms with Gasteiger partial charge in [0.25, 0.3) is 0 Å². The first-order valence-electron chi connectivity index (χ1n) is 9.77. The highest BCUT2D eigenvalue weighted by atomic mass is 32.2. The van der Waals surface area contributed by atoms with Gasteiger partial charge in [-0.05, 0) is 43.5 Å². The predicted octanol–water partition coefficient (Wildman–Crippen LogP) is 4.13. The van der Waals surface area contributed by atoms with Gasteiger partial charge in [0.1, 0.15) is 6.04 Å². The standard InChI is InChI=1S/C22H23N5O2S/c1-4-29-20(28)18-15(3)24-21-25-22(30-13-16-9-7-11-23-12-16)26-27(21)19(18)17-10-6-5-8-14(17)2/h5-12,19H,4,13H2,1-3H3,(H,24,25,26). The third-order valence-electron chi connectivity index (χ3n) is 4.90. The Kier molecular flexibility index (Phi) is 5.85. The van der Waals surface area contributed by atoms with Crippen LogP contribution in [0, 0.1) is 6.92 Å². The van der Waals surface area contributed by atoms with Gasteiger partial charge in [-0.3, -0.25) is 4.98 Å². The minimum atomic E-state index is -0.401. The maximum Gasteiger partial charge on any atom is 0.338 e. The molecule has 1 aromatic carbocycles. The maximum absolute atomic E-state index is 12.8. The highest BCUT2D eigenvalue weighted by molar-refractivity contribution is 7.98. The lowest BCUT2D eigenvalue weighted by Gasteiger charge is -2.28. The number of hydrogen-bond acceptors (Lipinski definition) is 7. The van der Waals surface area contributed by atoms with E-state index in [9.17, 15) is 4.79 Å². The summed E-state index contributed by atoms with van der Waals surface area (Å²) >= 11 is 1.53. The molecule has 3 heterocycles.